The van der Waals surface area contributed by atoms with Crippen molar-refractivity contribution in [2.75, 3.05) is 0 Å². The van der Waals surface area contributed by atoms with Crippen LogP contribution in [0.4, 0.5) is 26.3 Å². The zero-order chi connectivity index (χ0) is 18.9. The van der Waals surface area contributed by atoms with Crippen LogP contribution >= 0.6 is 0 Å². The molecule has 10 heteroatoms. The Bertz CT molecular complexity index is 842. The molecule has 0 amide bonds. The molecule has 1 N–H and O–H groups in total. The van der Waals surface area contributed by atoms with E-state index in [1.807, 2.05) is 0 Å². The molecule has 0 bridgehead atoms. The molecule has 2 aromatic rings. The minimum absolute atomic E-state index is 0.226. The summed E-state index contributed by atoms with van der Waals surface area (Å²) in [6.45, 7) is -0.364. The third-order valence-electron chi connectivity index (χ3n) is 3.22. The fourth-order valence-corrected chi connectivity index (χ4v) is 2.98. The third kappa shape index (κ3) is 4.95. The van der Waals surface area contributed by atoms with Crippen molar-refractivity contribution in [3.05, 3.63) is 65.2 Å². The lowest BCUT2D eigenvalue weighted by molar-refractivity contribution is -0.138. The van der Waals surface area contributed by atoms with Gasteiger partial charge in [-0.25, -0.2) is 13.1 Å². The average molecular weight is 383 g/mol. The zero-order valence-corrected chi connectivity index (χ0v) is 13.1. The molecule has 0 unspecified atom stereocenters. The molecule has 0 saturated heterocycles. The standard InChI is InChI=1S/C15H11F6NO2S/c16-14(17,18)11-6-4-10(5-7-11)9-22-25(23,24)13-3-1-2-12(8-13)15(19,20)21/h1-8,22H,9H2. The van der Waals surface area contributed by atoms with Crippen molar-refractivity contribution in [3.8, 4) is 0 Å². The van der Waals surface area contributed by atoms with E-state index in [0.29, 0.717) is 6.07 Å². The van der Waals surface area contributed by atoms with Crippen molar-refractivity contribution in [1.29, 1.82) is 0 Å². The summed E-state index contributed by atoms with van der Waals surface area (Å²) < 4.78 is 101. The third-order valence-corrected chi connectivity index (χ3v) is 4.62. The summed E-state index contributed by atoms with van der Waals surface area (Å²) in [5.41, 5.74) is -1.79. The molecule has 136 valence electrons. The van der Waals surface area contributed by atoms with Crippen LogP contribution in [-0.2, 0) is 28.9 Å². The van der Waals surface area contributed by atoms with Crippen LogP contribution in [0.15, 0.2) is 53.4 Å². The number of hydrogen-bond acceptors (Lipinski definition) is 2. The lowest BCUT2D eigenvalue weighted by Crippen LogP contribution is -2.23. The minimum atomic E-state index is -4.70. The van der Waals surface area contributed by atoms with E-state index in [9.17, 15) is 34.8 Å². The van der Waals surface area contributed by atoms with E-state index < -0.39 is 38.4 Å². The molecule has 0 aliphatic rings. The Morgan fingerprint density at radius 2 is 1.36 bits per heavy atom. The van der Waals surface area contributed by atoms with Gasteiger partial charge >= 0.3 is 12.4 Å². The Kier molecular flexibility index (Phi) is 5.14. The summed E-state index contributed by atoms with van der Waals surface area (Å²) in [4.78, 5) is -0.589. The van der Waals surface area contributed by atoms with Crippen LogP contribution in [-0.4, -0.2) is 8.42 Å². The van der Waals surface area contributed by atoms with Crippen LogP contribution in [0, 0.1) is 0 Å². The van der Waals surface area contributed by atoms with Crippen molar-refractivity contribution < 1.29 is 34.8 Å². The van der Waals surface area contributed by atoms with Gasteiger partial charge in [-0.2, -0.15) is 26.3 Å². The number of alkyl halides is 6. The van der Waals surface area contributed by atoms with Gasteiger partial charge in [-0.15, -0.1) is 0 Å². The summed E-state index contributed by atoms with van der Waals surface area (Å²) in [6, 6.07) is 6.89. The number of nitrogens with one attached hydrogen (secondary N) is 1. The topological polar surface area (TPSA) is 46.2 Å². The summed E-state index contributed by atoms with van der Waals surface area (Å²) in [7, 11) is -4.25. The molecule has 2 aromatic carbocycles. The van der Waals surface area contributed by atoms with Gasteiger partial charge < -0.3 is 0 Å². The molecular formula is C15H11F6NO2S. The highest BCUT2D eigenvalue weighted by molar-refractivity contribution is 7.89. The van der Waals surface area contributed by atoms with Gasteiger partial charge in [-0.1, -0.05) is 18.2 Å². The lowest BCUT2D eigenvalue weighted by atomic mass is 10.1. The molecule has 0 fully saturated rings. The van der Waals surface area contributed by atoms with E-state index in [1.165, 1.54) is 0 Å². The van der Waals surface area contributed by atoms with Crippen LogP contribution in [0.5, 0.6) is 0 Å². The Balaban J connectivity index is 2.14. The summed E-state index contributed by atoms with van der Waals surface area (Å²) in [5.74, 6) is 0. The highest BCUT2D eigenvalue weighted by atomic mass is 32.2. The molecule has 3 nitrogen and oxygen atoms in total. The Hall–Kier alpha value is -2.07. The smallest absolute Gasteiger partial charge is 0.207 e. The molecule has 0 aromatic heterocycles. The summed E-state index contributed by atoms with van der Waals surface area (Å²) in [6.07, 6.45) is -9.21. The lowest BCUT2D eigenvalue weighted by Gasteiger charge is -2.11. The van der Waals surface area contributed by atoms with E-state index >= 15 is 0 Å². The van der Waals surface area contributed by atoms with Gasteiger partial charge in [0, 0.05) is 6.54 Å². The first-order chi connectivity index (χ1) is 11.4. The molecule has 0 heterocycles. The Morgan fingerprint density at radius 3 is 1.88 bits per heavy atom. The van der Waals surface area contributed by atoms with Crippen LogP contribution < -0.4 is 4.72 Å². The van der Waals surface area contributed by atoms with E-state index in [0.717, 1.165) is 42.5 Å². The van der Waals surface area contributed by atoms with Crippen LogP contribution in [0.1, 0.15) is 16.7 Å². The van der Waals surface area contributed by atoms with E-state index in [1.54, 1.807) is 0 Å². The number of sulfonamides is 1. The van der Waals surface area contributed by atoms with E-state index in [2.05, 4.69) is 4.72 Å². The molecular weight excluding hydrogens is 372 g/mol. The summed E-state index contributed by atoms with van der Waals surface area (Å²) in [5, 5.41) is 0. The van der Waals surface area contributed by atoms with Gasteiger partial charge in [-0.3, -0.25) is 0 Å². The van der Waals surface area contributed by atoms with Gasteiger partial charge in [-0.05, 0) is 35.9 Å². The monoisotopic (exact) mass is 383 g/mol. The predicted octanol–water partition coefficient (Wildman–Crippen LogP) is 4.20. The average Bonchev–Trinajstić information content (AvgIpc) is 2.52. The normalized spacial score (nSPS) is 13.0. The quantitative estimate of drug-likeness (QED) is 0.805. The largest absolute Gasteiger partial charge is 0.416 e. The highest BCUT2D eigenvalue weighted by Crippen LogP contribution is 2.31. The first-order valence-corrected chi connectivity index (χ1v) is 8.21. The highest BCUT2D eigenvalue weighted by Gasteiger charge is 2.32. The number of rotatable bonds is 4. The minimum Gasteiger partial charge on any atom is -0.207 e. The van der Waals surface area contributed by atoms with Gasteiger partial charge in [0.1, 0.15) is 0 Å². The van der Waals surface area contributed by atoms with Crippen molar-refractivity contribution in [3.63, 3.8) is 0 Å². The van der Waals surface area contributed by atoms with Crippen LogP contribution in [0.25, 0.3) is 0 Å². The van der Waals surface area contributed by atoms with Gasteiger partial charge in [0.15, 0.2) is 0 Å². The van der Waals surface area contributed by atoms with Crippen LogP contribution in [0.2, 0.25) is 0 Å². The maximum absolute atomic E-state index is 12.6. The molecule has 0 radical (unpaired) electrons. The maximum atomic E-state index is 12.6. The molecule has 0 aliphatic carbocycles. The Labute approximate surface area is 139 Å². The molecule has 25 heavy (non-hydrogen) atoms. The first kappa shape index (κ1) is 19.3. The van der Waals surface area contributed by atoms with Crippen molar-refractivity contribution >= 4 is 10.0 Å². The second-order valence-electron chi connectivity index (χ2n) is 5.04. The van der Waals surface area contributed by atoms with Crippen LogP contribution in [0.3, 0.4) is 0 Å². The van der Waals surface area contributed by atoms with E-state index in [-0.39, 0.29) is 12.1 Å². The molecule has 0 aliphatic heterocycles. The fourth-order valence-electron chi connectivity index (χ4n) is 1.91. The second kappa shape index (κ2) is 6.68. The number of benzene rings is 2. The van der Waals surface area contributed by atoms with Crippen molar-refractivity contribution in [2.24, 2.45) is 0 Å². The maximum Gasteiger partial charge on any atom is 0.416 e. The molecule has 2 rings (SSSR count). The predicted molar refractivity (Wildman–Crippen MR) is 76.9 cm³/mol. The number of halogens is 6. The molecule has 0 spiro atoms. The Morgan fingerprint density at radius 1 is 0.800 bits per heavy atom. The molecule has 0 atom stereocenters. The van der Waals surface area contributed by atoms with Crippen molar-refractivity contribution in [1.82, 2.24) is 4.72 Å². The van der Waals surface area contributed by atoms with Gasteiger partial charge in [0.05, 0.1) is 16.0 Å². The fraction of sp³-hybridized carbons (Fsp3) is 0.200. The summed E-state index contributed by atoms with van der Waals surface area (Å²) >= 11 is 0. The van der Waals surface area contributed by atoms with Gasteiger partial charge in [0.2, 0.25) is 10.0 Å². The SMILES string of the molecule is O=S(=O)(NCc1ccc(C(F)(F)F)cc1)c1cccc(C(F)(F)F)c1. The second-order valence-corrected chi connectivity index (χ2v) is 6.81. The van der Waals surface area contributed by atoms with Crippen molar-refractivity contribution in [2.45, 2.75) is 23.8 Å². The first-order valence-electron chi connectivity index (χ1n) is 6.73. The zero-order valence-electron chi connectivity index (χ0n) is 12.3. The van der Waals surface area contributed by atoms with E-state index in [4.69, 9.17) is 0 Å². The molecule has 0 saturated carbocycles. The van der Waals surface area contributed by atoms with Gasteiger partial charge in [0.25, 0.3) is 0 Å². The number of hydrogen-bond donors (Lipinski definition) is 1.